The maximum atomic E-state index is 10.1. The van der Waals surface area contributed by atoms with Gasteiger partial charge in [-0.05, 0) is 31.1 Å². The fourth-order valence-electron chi connectivity index (χ4n) is 2.28. The summed E-state index contributed by atoms with van der Waals surface area (Å²) in [5, 5.41) is 10.1. The van der Waals surface area contributed by atoms with Gasteiger partial charge in [0.25, 0.3) is 0 Å². The lowest BCUT2D eigenvalue weighted by Crippen LogP contribution is -2.29. The molecule has 0 amide bonds. The number of allylic oxidation sites excluding steroid dienone is 2. The maximum Gasteiger partial charge on any atom is 0.0599 e. The van der Waals surface area contributed by atoms with E-state index < -0.39 is 0 Å². The van der Waals surface area contributed by atoms with E-state index >= 15 is 0 Å². The summed E-state index contributed by atoms with van der Waals surface area (Å²) in [4.78, 5) is 0. The second-order valence-electron chi connectivity index (χ2n) is 4.11. The molecule has 0 saturated carbocycles. The van der Waals surface area contributed by atoms with Crippen molar-refractivity contribution in [2.45, 2.75) is 52.1 Å². The Kier molecular flexibility index (Phi) is 4.51. The van der Waals surface area contributed by atoms with Gasteiger partial charge in [0, 0.05) is 0 Å². The van der Waals surface area contributed by atoms with Crippen LogP contribution in [0.2, 0.25) is 0 Å². The van der Waals surface area contributed by atoms with Crippen molar-refractivity contribution in [3.63, 3.8) is 0 Å². The normalized spacial score (nSPS) is 25.1. The zero-order chi connectivity index (χ0) is 9.68. The molecule has 0 heterocycles. The molecule has 1 nitrogen and oxygen atoms in total. The van der Waals surface area contributed by atoms with Crippen molar-refractivity contribution in [3.8, 4) is 0 Å². The lowest BCUT2D eigenvalue weighted by molar-refractivity contribution is 0.0423. The van der Waals surface area contributed by atoms with Crippen LogP contribution in [0.1, 0.15) is 46.0 Å². The molecule has 76 valence electrons. The minimum atomic E-state index is -0.0695. The molecule has 1 N–H and O–H groups in total. The third-order valence-corrected chi connectivity index (χ3v) is 3.32. The highest BCUT2D eigenvalue weighted by molar-refractivity contribution is 4.93. The third-order valence-electron chi connectivity index (χ3n) is 3.32. The zero-order valence-electron chi connectivity index (χ0n) is 8.87. The summed E-state index contributed by atoms with van der Waals surface area (Å²) >= 11 is 0. The summed E-state index contributed by atoms with van der Waals surface area (Å²) in [5.41, 5.74) is 0. The van der Waals surface area contributed by atoms with E-state index in [4.69, 9.17) is 0 Å². The summed E-state index contributed by atoms with van der Waals surface area (Å²) in [6.45, 7) is 4.35. The molecule has 1 aliphatic carbocycles. The fourth-order valence-corrected chi connectivity index (χ4v) is 2.28. The van der Waals surface area contributed by atoms with Gasteiger partial charge < -0.3 is 5.11 Å². The largest absolute Gasteiger partial charge is 0.393 e. The van der Waals surface area contributed by atoms with Gasteiger partial charge in [-0.15, -0.1) is 0 Å². The van der Waals surface area contributed by atoms with E-state index in [1.165, 1.54) is 6.42 Å². The van der Waals surface area contributed by atoms with Crippen molar-refractivity contribution in [2.75, 3.05) is 0 Å². The molecule has 0 aromatic carbocycles. The van der Waals surface area contributed by atoms with Crippen LogP contribution in [0.5, 0.6) is 0 Å². The van der Waals surface area contributed by atoms with E-state index in [1.54, 1.807) is 0 Å². The molecule has 1 rings (SSSR count). The first-order valence-electron chi connectivity index (χ1n) is 5.62. The van der Waals surface area contributed by atoms with E-state index in [1.807, 2.05) is 0 Å². The minimum absolute atomic E-state index is 0.0695. The Morgan fingerprint density at radius 2 is 2.00 bits per heavy atom. The minimum Gasteiger partial charge on any atom is -0.393 e. The molecule has 13 heavy (non-hydrogen) atoms. The van der Waals surface area contributed by atoms with Crippen molar-refractivity contribution >= 4 is 0 Å². The van der Waals surface area contributed by atoms with Crippen LogP contribution >= 0.6 is 0 Å². The van der Waals surface area contributed by atoms with E-state index in [2.05, 4.69) is 26.0 Å². The molecule has 0 saturated heterocycles. The summed E-state index contributed by atoms with van der Waals surface area (Å²) in [5.74, 6) is 1.03. The van der Waals surface area contributed by atoms with Gasteiger partial charge in [0.2, 0.25) is 0 Å². The van der Waals surface area contributed by atoms with Crippen LogP contribution < -0.4 is 0 Å². The first-order chi connectivity index (χ1) is 6.29. The maximum absolute atomic E-state index is 10.1. The Bertz CT molecular complexity index is 159. The Balaban J connectivity index is 2.44. The second kappa shape index (κ2) is 5.43. The molecule has 1 aliphatic rings. The smallest absolute Gasteiger partial charge is 0.0599 e. The quantitative estimate of drug-likeness (QED) is 0.662. The van der Waals surface area contributed by atoms with E-state index in [0.717, 1.165) is 25.7 Å². The Morgan fingerprint density at radius 1 is 1.31 bits per heavy atom. The van der Waals surface area contributed by atoms with Crippen LogP contribution in [-0.4, -0.2) is 11.2 Å². The molecular formula is C12H22O. The SMILES string of the molecule is CCC(CC)C(O)C1CC=CCC1. The first-order valence-corrected chi connectivity index (χ1v) is 5.62. The molecular weight excluding hydrogens is 160 g/mol. The number of hydrogen-bond donors (Lipinski definition) is 1. The topological polar surface area (TPSA) is 20.2 Å². The standard InChI is InChI=1S/C12H22O/c1-3-10(4-2)12(13)11-8-6-5-7-9-11/h5-6,10-13H,3-4,7-9H2,1-2H3. The summed E-state index contributed by atoms with van der Waals surface area (Å²) in [6.07, 6.45) is 10.0. The van der Waals surface area contributed by atoms with Crippen LogP contribution in [-0.2, 0) is 0 Å². The van der Waals surface area contributed by atoms with Gasteiger partial charge in [-0.2, -0.15) is 0 Å². The molecule has 0 aromatic heterocycles. The van der Waals surface area contributed by atoms with Crippen LogP contribution in [0.25, 0.3) is 0 Å². The van der Waals surface area contributed by atoms with Gasteiger partial charge in [-0.3, -0.25) is 0 Å². The molecule has 2 unspecified atom stereocenters. The van der Waals surface area contributed by atoms with Gasteiger partial charge in [0.05, 0.1) is 6.10 Å². The van der Waals surface area contributed by atoms with Crippen LogP contribution in [0.4, 0.5) is 0 Å². The van der Waals surface area contributed by atoms with E-state index in [9.17, 15) is 5.11 Å². The predicted molar refractivity (Wildman–Crippen MR) is 56.6 cm³/mol. The molecule has 2 atom stereocenters. The Hall–Kier alpha value is -0.300. The molecule has 0 aliphatic heterocycles. The van der Waals surface area contributed by atoms with Crippen molar-refractivity contribution in [2.24, 2.45) is 11.8 Å². The highest BCUT2D eigenvalue weighted by atomic mass is 16.3. The summed E-state index contributed by atoms with van der Waals surface area (Å²) < 4.78 is 0. The zero-order valence-corrected chi connectivity index (χ0v) is 8.87. The van der Waals surface area contributed by atoms with Gasteiger partial charge in [-0.1, -0.05) is 38.8 Å². The molecule has 1 heteroatoms. The van der Waals surface area contributed by atoms with Crippen molar-refractivity contribution in [1.82, 2.24) is 0 Å². The number of aliphatic hydroxyl groups is 1. The first kappa shape index (κ1) is 10.8. The van der Waals surface area contributed by atoms with Gasteiger partial charge in [0.15, 0.2) is 0 Å². The predicted octanol–water partition coefficient (Wildman–Crippen LogP) is 3.14. The number of hydrogen-bond acceptors (Lipinski definition) is 1. The molecule has 0 fully saturated rings. The lowest BCUT2D eigenvalue weighted by Gasteiger charge is -2.29. The van der Waals surface area contributed by atoms with E-state index in [0.29, 0.717) is 11.8 Å². The molecule has 0 radical (unpaired) electrons. The van der Waals surface area contributed by atoms with Gasteiger partial charge >= 0.3 is 0 Å². The van der Waals surface area contributed by atoms with Crippen LogP contribution in [0.15, 0.2) is 12.2 Å². The van der Waals surface area contributed by atoms with Gasteiger partial charge in [-0.25, -0.2) is 0 Å². The van der Waals surface area contributed by atoms with Crippen molar-refractivity contribution in [1.29, 1.82) is 0 Å². The average molecular weight is 182 g/mol. The van der Waals surface area contributed by atoms with E-state index in [-0.39, 0.29) is 6.10 Å². The van der Waals surface area contributed by atoms with Crippen LogP contribution in [0, 0.1) is 11.8 Å². The van der Waals surface area contributed by atoms with Crippen molar-refractivity contribution < 1.29 is 5.11 Å². The van der Waals surface area contributed by atoms with Crippen molar-refractivity contribution in [3.05, 3.63) is 12.2 Å². The molecule has 0 spiro atoms. The van der Waals surface area contributed by atoms with Crippen LogP contribution in [0.3, 0.4) is 0 Å². The average Bonchev–Trinajstić information content (AvgIpc) is 2.21. The molecule has 0 bridgehead atoms. The Labute approximate surface area is 81.9 Å². The number of aliphatic hydroxyl groups excluding tert-OH is 1. The lowest BCUT2D eigenvalue weighted by atomic mass is 9.81. The monoisotopic (exact) mass is 182 g/mol. The molecule has 0 aromatic rings. The highest BCUT2D eigenvalue weighted by Crippen LogP contribution is 2.28. The third kappa shape index (κ3) is 2.84. The Morgan fingerprint density at radius 3 is 2.46 bits per heavy atom. The fraction of sp³-hybridized carbons (Fsp3) is 0.833. The van der Waals surface area contributed by atoms with Gasteiger partial charge in [0.1, 0.15) is 0 Å². The number of rotatable bonds is 4. The highest BCUT2D eigenvalue weighted by Gasteiger charge is 2.25. The summed E-state index contributed by atoms with van der Waals surface area (Å²) in [7, 11) is 0. The second-order valence-corrected chi connectivity index (χ2v) is 4.11. The summed E-state index contributed by atoms with van der Waals surface area (Å²) in [6, 6.07) is 0.